The van der Waals surface area contributed by atoms with Crippen molar-refractivity contribution in [3.05, 3.63) is 35.0 Å². The summed E-state index contributed by atoms with van der Waals surface area (Å²) in [6.07, 6.45) is 0.615. The number of ether oxygens (including phenoxy) is 1. The van der Waals surface area contributed by atoms with Crippen LogP contribution in [-0.2, 0) is 10.3 Å². The maximum Gasteiger partial charge on any atom is 0.407 e. The van der Waals surface area contributed by atoms with Crippen LogP contribution >= 0.6 is 0 Å². The summed E-state index contributed by atoms with van der Waals surface area (Å²) in [5.41, 5.74) is 0.138. The fraction of sp³-hybridized carbons (Fsp3) is 0.462. The number of hydrogen-bond acceptors (Lipinski definition) is 6. The monoisotopic (exact) mass is 281 g/mol. The molecular formula is C13H17N2O5-. The standard InChI is InChI=1S/C13H17N2O5/c1-20-12(17)14-13(8-10(13)5-6-16)9-3-2-4-11(7-9)15(18)19/h2-4,7,10,16,18H,5-6,8H2,1H3,(H,14,17)/q-1/t10-,13-/m1/s1. The number of rotatable bonds is 5. The summed E-state index contributed by atoms with van der Waals surface area (Å²) in [4.78, 5) is 11.5. The first-order chi connectivity index (χ1) is 9.53. The molecule has 0 heterocycles. The van der Waals surface area contributed by atoms with Gasteiger partial charge in [-0.1, -0.05) is 12.1 Å². The molecule has 7 heteroatoms. The van der Waals surface area contributed by atoms with Gasteiger partial charge in [-0.2, -0.15) is 0 Å². The number of nitrogens with zero attached hydrogens (tertiary/aromatic N) is 1. The molecule has 20 heavy (non-hydrogen) atoms. The van der Waals surface area contributed by atoms with E-state index in [0.29, 0.717) is 18.4 Å². The molecule has 0 bridgehead atoms. The van der Waals surface area contributed by atoms with E-state index in [-0.39, 0.29) is 23.4 Å². The van der Waals surface area contributed by atoms with Crippen molar-refractivity contribution < 1.29 is 19.8 Å². The van der Waals surface area contributed by atoms with Crippen LogP contribution in [0.25, 0.3) is 0 Å². The molecule has 2 rings (SSSR count). The quantitative estimate of drug-likeness (QED) is 0.703. The highest BCUT2D eigenvalue weighted by Gasteiger charge is 2.56. The zero-order valence-corrected chi connectivity index (χ0v) is 11.1. The topological polar surface area (TPSA) is 105 Å². The van der Waals surface area contributed by atoms with E-state index >= 15 is 0 Å². The maximum atomic E-state index is 11.5. The van der Waals surface area contributed by atoms with Gasteiger partial charge in [0.25, 0.3) is 0 Å². The van der Waals surface area contributed by atoms with Gasteiger partial charge in [0.15, 0.2) is 0 Å². The van der Waals surface area contributed by atoms with E-state index in [2.05, 4.69) is 10.1 Å². The van der Waals surface area contributed by atoms with Crippen LogP contribution in [0, 0.1) is 11.1 Å². The number of anilines is 1. The number of aliphatic hydroxyl groups excluding tert-OH is 1. The van der Waals surface area contributed by atoms with E-state index in [1.54, 1.807) is 12.1 Å². The largest absolute Gasteiger partial charge is 0.733 e. The van der Waals surface area contributed by atoms with Crippen LogP contribution in [0.4, 0.5) is 10.5 Å². The lowest BCUT2D eigenvalue weighted by Gasteiger charge is -2.25. The van der Waals surface area contributed by atoms with Crippen molar-refractivity contribution in [3.8, 4) is 0 Å². The van der Waals surface area contributed by atoms with E-state index < -0.39 is 11.6 Å². The molecule has 1 aliphatic rings. The van der Waals surface area contributed by atoms with Crippen molar-refractivity contribution in [1.29, 1.82) is 0 Å². The second kappa shape index (κ2) is 5.66. The van der Waals surface area contributed by atoms with Crippen LogP contribution < -0.4 is 10.5 Å². The molecule has 1 aliphatic carbocycles. The minimum atomic E-state index is -0.651. The van der Waals surface area contributed by atoms with Gasteiger partial charge >= 0.3 is 6.09 Å². The Balaban J connectivity index is 2.28. The molecule has 7 nitrogen and oxygen atoms in total. The fourth-order valence-corrected chi connectivity index (χ4v) is 2.55. The van der Waals surface area contributed by atoms with E-state index in [1.165, 1.54) is 19.2 Å². The van der Waals surface area contributed by atoms with Crippen molar-refractivity contribution in [2.24, 2.45) is 5.92 Å². The van der Waals surface area contributed by atoms with Crippen LogP contribution in [0.3, 0.4) is 0 Å². The van der Waals surface area contributed by atoms with Crippen LogP contribution in [0.5, 0.6) is 0 Å². The van der Waals surface area contributed by atoms with E-state index in [4.69, 9.17) is 10.3 Å². The minimum absolute atomic E-state index is 0.0165. The number of carbonyl (C=O) groups is 1. The molecule has 1 aromatic rings. The zero-order chi connectivity index (χ0) is 14.8. The van der Waals surface area contributed by atoms with E-state index in [1.807, 2.05) is 0 Å². The molecule has 1 fully saturated rings. The first kappa shape index (κ1) is 14.6. The molecule has 0 saturated heterocycles. The Bertz CT molecular complexity index is 493. The second-order valence-corrected chi connectivity index (χ2v) is 4.82. The SMILES string of the molecule is COC(=O)N[C@@]1(c2cccc(N([O-])O)c2)C[C@H]1CCO. The Morgan fingerprint density at radius 2 is 2.40 bits per heavy atom. The van der Waals surface area contributed by atoms with Crippen LogP contribution in [0.15, 0.2) is 24.3 Å². The van der Waals surface area contributed by atoms with Crippen molar-refractivity contribution in [3.63, 3.8) is 0 Å². The lowest BCUT2D eigenvalue weighted by atomic mass is 10.0. The Labute approximate surface area is 116 Å². The number of nitrogens with one attached hydrogen (secondary N) is 1. The molecule has 0 aromatic heterocycles. The highest BCUT2D eigenvalue weighted by molar-refractivity contribution is 5.70. The van der Waals surface area contributed by atoms with Gasteiger partial charge in [-0.15, -0.1) is 0 Å². The summed E-state index contributed by atoms with van der Waals surface area (Å²) >= 11 is 0. The van der Waals surface area contributed by atoms with Gasteiger partial charge in [0, 0.05) is 6.61 Å². The average Bonchev–Trinajstić information content (AvgIpc) is 3.13. The number of hydrogen-bond donors (Lipinski definition) is 3. The van der Waals surface area contributed by atoms with Gasteiger partial charge in [0.1, 0.15) is 0 Å². The van der Waals surface area contributed by atoms with Crippen molar-refractivity contribution in [2.45, 2.75) is 18.4 Å². The Morgan fingerprint density at radius 1 is 1.65 bits per heavy atom. The molecule has 0 unspecified atom stereocenters. The number of methoxy groups -OCH3 is 1. The van der Waals surface area contributed by atoms with Gasteiger partial charge in [-0.3, -0.25) is 5.21 Å². The molecule has 0 radical (unpaired) electrons. The molecule has 0 aliphatic heterocycles. The summed E-state index contributed by atoms with van der Waals surface area (Å²) in [7, 11) is 1.27. The summed E-state index contributed by atoms with van der Waals surface area (Å²) in [6.45, 7) is 0.0165. The number of alkyl carbamates (subject to hydrolysis) is 1. The van der Waals surface area contributed by atoms with Gasteiger partial charge in [0.05, 0.1) is 18.3 Å². The van der Waals surface area contributed by atoms with Crippen LogP contribution in [-0.4, -0.2) is 30.1 Å². The molecule has 1 saturated carbocycles. The van der Waals surface area contributed by atoms with Gasteiger partial charge in [-0.05, 0) is 36.5 Å². The fourth-order valence-electron chi connectivity index (χ4n) is 2.55. The predicted molar refractivity (Wildman–Crippen MR) is 71.1 cm³/mol. The molecule has 1 amide bonds. The Hall–Kier alpha value is -1.83. The first-order valence-electron chi connectivity index (χ1n) is 6.27. The van der Waals surface area contributed by atoms with Crippen molar-refractivity contribution in [1.82, 2.24) is 5.32 Å². The number of amides is 1. The second-order valence-electron chi connectivity index (χ2n) is 4.82. The van der Waals surface area contributed by atoms with Gasteiger partial charge in [0.2, 0.25) is 0 Å². The summed E-state index contributed by atoms with van der Waals surface area (Å²) in [5, 5.41) is 31.5. The third-order valence-corrected chi connectivity index (χ3v) is 3.68. The molecule has 0 spiro atoms. The molecule has 2 atom stereocenters. The number of carbonyl (C=O) groups excluding carboxylic acids is 1. The van der Waals surface area contributed by atoms with Gasteiger partial charge < -0.3 is 25.6 Å². The van der Waals surface area contributed by atoms with E-state index in [0.717, 1.165) is 0 Å². The predicted octanol–water partition coefficient (Wildman–Crippen LogP) is 1.33. The van der Waals surface area contributed by atoms with Crippen LogP contribution in [0.2, 0.25) is 0 Å². The third-order valence-electron chi connectivity index (χ3n) is 3.68. The van der Waals surface area contributed by atoms with Crippen LogP contribution in [0.1, 0.15) is 18.4 Å². The summed E-state index contributed by atoms with van der Waals surface area (Å²) in [6, 6.07) is 6.37. The number of aliphatic hydroxyl groups is 1. The lowest BCUT2D eigenvalue weighted by molar-refractivity contribution is 0.162. The first-order valence-corrected chi connectivity index (χ1v) is 6.27. The Kier molecular flexibility index (Phi) is 4.12. The molecule has 110 valence electrons. The average molecular weight is 281 g/mol. The van der Waals surface area contributed by atoms with Gasteiger partial charge in [-0.25, -0.2) is 4.79 Å². The van der Waals surface area contributed by atoms with Crippen molar-refractivity contribution >= 4 is 11.8 Å². The highest BCUT2D eigenvalue weighted by Crippen LogP contribution is 2.54. The molecular weight excluding hydrogens is 264 g/mol. The highest BCUT2D eigenvalue weighted by atomic mass is 16.8. The lowest BCUT2D eigenvalue weighted by Crippen LogP contribution is -2.36. The third kappa shape index (κ3) is 2.69. The summed E-state index contributed by atoms with van der Waals surface area (Å²) in [5.74, 6) is 0.0700. The maximum absolute atomic E-state index is 11.5. The smallest absolute Gasteiger partial charge is 0.407 e. The Morgan fingerprint density at radius 3 is 3.00 bits per heavy atom. The number of benzene rings is 1. The van der Waals surface area contributed by atoms with E-state index in [9.17, 15) is 10.0 Å². The normalized spacial score (nSPS) is 24.1. The molecule has 1 aromatic carbocycles. The molecule has 3 N–H and O–H groups in total. The minimum Gasteiger partial charge on any atom is -0.733 e. The summed E-state index contributed by atoms with van der Waals surface area (Å²) < 4.78 is 4.62. The zero-order valence-electron chi connectivity index (χ0n) is 11.1. The van der Waals surface area contributed by atoms with Crippen molar-refractivity contribution in [2.75, 3.05) is 18.9 Å².